The molecule has 0 spiro atoms. The summed E-state index contributed by atoms with van der Waals surface area (Å²) in [6.45, 7) is 4.46. The van der Waals surface area contributed by atoms with E-state index in [2.05, 4.69) is 43.1 Å². The first-order valence-electron chi connectivity index (χ1n) is 8.14. The molecule has 1 aromatic rings. The molecule has 1 aliphatic rings. The van der Waals surface area contributed by atoms with Crippen LogP contribution in [0.3, 0.4) is 0 Å². The molecule has 1 N–H and O–H groups in total. The Bertz CT molecular complexity index is 379. The van der Waals surface area contributed by atoms with Gasteiger partial charge < -0.3 is 10.0 Å². The Morgan fingerprint density at radius 1 is 1.10 bits per heavy atom. The smallest absolute Gasteiger partial charge is 0.0540 e. The minimum atomic E-state index is -0.0576. The summed E-state index contributed by atoms with van der Waals surface area (Å²) in [7, 11) is 2.20. The minimum absolute atomic E-state index is 0.0576. The third kappa shape index (κ3) is 4.60. The van der Waals surface area contributed by atoms with E-state index in [1.807, 2.05) is 0 Å². The Morgan fingerprint density at radius 2 is 1.75 bits per heavy atom. The van der Waals surface area contributed by atoms with Crippen LogP contribution in [-0.4, -0.2) is 29.7 Å². The summed E-state index contributed by atoms with van der Waals surface area (Å²) in [5.74, 6) is 0.658. The minimum Gasteiger partial charge on any atom is -0.393 e. The number of hydrogen-bond acceptors (Lipinski definition) is 2. The van der Waals surface area contributed by atoms with Crippen LogP contribution in [0.4, 0.5) is 0 Å². The monoisotopic (exact) mass is 275 g/mol. The third-order valence-corrected chi connectivity index (χ3v) is 4.49. The van der Waals surface area contributed by atoms with Gasteiger partial charge in [-0.25, -0.2) is 0 Å². The van der Waals surface area contributed by atoms with Crippen LogP contribution in [0.1, 0.15) is 62.5 Å². The maximum absolute atomic E-state index is 9.58. The highest BCUT2D eigenvalue weighted by Crippen LogP contribution is 2.32. The molecule has 0 unspecified atom stereocenters. The van der Waals surface area contributed by atoms with Crippen LogP contribution in [0, 0.1) is 0 Å². The van der Waals surface area contributed by atoms with E-state index in [0.717, 1.165) is 32.2 Å². The summed E-state index contributed by atoms with van der Waals surface area (Å²) in [5.41, 5.74) is 2.86. The molecule has 0 aromatic heterocycles. The zero-order valence-corrected chi connectivity index (χ0v) is 13.0. The molecule has 0 radical (unpaired) electrons. The molecular formula is C18H29NO. The number of aliphatic hydroxyl groups excluding tert-OH is 1. The van der Waals surface area contributed by atoms with Crippen molar-refractivity contribution < 1.29 is 5.11 Å². The first-order valence-corrected chi connectivity index (χ1v) is 8.14. The van der Waals surface area contributed by atoms with Crippen LogP contribution in [0.15, 0.2) is 24.3 Å². The zero-order valence-electron chi connectivity index (χ0n) is 13.0. The van der Waals surface area contributed by atoms with Crippen molar-refractivity contribution in [2.45, 2.75) is 64.0 Å². The molecule has 0 atom stereocenters. The first-order chi connectivity index (χ1) is 9.69. The molecule has 1 fully saturated rings. The Balaban J connectivity index is 1.86. The Hall–Kier alpha value is -0.860. The normalized spacial score (nSPS) is 23.2. The van der Waals surface area contributed by atoms with E-state index in [-0.39, 0.29) is 6.10 Å². The predicted octanol–water partition coefficient (Wildman–Crippen LogP) is 3.94. The van der Waals surface area contributed by atoms with Crippen LogP contribution >= 0.6 is 0 Å². The van der Waals surface area contributed by atoms with Gasteiger partial charge in [0.1, 0.15) is 0 Å². The first kappa shape index (κ1) is 15.5. The quantitative estimate of drug-likeness (QED) is 0.850. The summed E-state index contributed by atoms with van der Waals surface area (Å²) >= 11 is 0. The Kier molecular flexibility index (Phi) is 6.06. The van der Waals surface area contributed by atoms with Crippen molar-refractivity contribution in [3.8, 4) is 0 Å². The van der Waals surface area contributed by atoms with Gasteiger partial charge in [-0.2, -0.15) is 0 Å². The number of nitrogens with zero attached hydrogens (tertiary/aromatic N) is 1. The Labute approximate surface area is 123 Å². The highest BCUT2D eigenvalue weighted by molar-refractivity contribution is 5.25. The van der Waals surface area contributed by atoms with E-state index in [1.165, 1.54) is 30.5 Å². The van der Waals surface area contributed by atoms with Crippen LogP contribution in [-0.2, 0) is 6.54 Å². The van der Waals surface area contributed by atoms with Gasteiger partial charge in [-0.1, -0.05) is 37.6 Å². The van der Waals surface area contributed by atoms with Gasteiger partial charge in [0.2, 0.25) is 0 Å². The molecule has 1 aromatic carbocycles. The summed E-state index contributed by atoms with van der Waals surface area (Å²) in [6, 6.07) is 9.16. The topological polar surface area (TPSA) is 23.5 Å². The average molecular weight is 275 g/mol. The van der Waals surface area contributed by atoms with Gasteiger partial charge in [-0.15, -0.1) is 0 Å². The van der Waals surface area contributed by atoms with Crippen molar-refractivity contribution in [3.63, 3.8) is 0 Å². The number of aliphatic hydroxyl groups is 1. The lowest BCUT2D eigenvalue weighted by Gasteiger charge is -2.26. The second-order valence-electron chi connectivity index (χ2n) is 6.34. The lowest BCUT2D eigenvalue weighted by Crippen LogP contribution is -2.19. The molecular weight excluding hydrogens is 246 g/mol. The van der Waals surface area contributed by atoms with E-state index >= 15 is 0 Å². The SMILES string of the molecule is CCCCN(C)Cc1ccc(C2CCC(O)CC2)cc1. The van der Waals surface area contributed by atoms with Gasteiger partial charge in [-0.3, -0.25) is 0 Å². The molecule has 20 heavy (non-hydrogen) atoms. The van der Waals surface area contributed by atoms with E-state index in [9.17, 15) is 5.11 Å². The second-order valence-corrected chi connectivity index (χ2v) is 6.34. The van der Waals surface area contributed by atoms with Crippen molar-refractivity contribution in [1.82, 2.24) is 4.90 Å². The van der Waals surface area contributed by atoms with Gasteiger partial charge in [-0.05, 0) is 62.7 Å². The van der Waals surface area contributed by atoms with Crippen molar-refractivity contribution in [2.75, 3.05) is 13.6 Å². The van der Waals surface area contributed by atoms with E-state index in [1.54, 1.807) is 0 Å². The molecule has 2 heteroatoms. The average Bonchev–Trinajstić information content (AvgIpc) is 2.47. The van der Waals surface area contributed by atoms with Crippen molar-refractivity contribution >= 4 is 0 Å². The molecule has 1 saturated carbocycles. The van der Waals surface area contributed by atoms with E-state index in [4.69, 9.17) is 0 Å². The molecule has 0 aliphatic heterocycles. The van der Waals surface area contributed by atoms with Crippen molar-refractivity contribution in [2.24, 2.45) is 0 Å². The fourth-order valence-corrected chi connectivity index (χ4v) is 3.12. The zero-order chi connectivity index (χ0) is 14.4. The summed E-state index contributed by atoms with van der Waals surface area (Å²) in [6.07, 6.45) is 6.68. The molecule has 1 aliphatic carbocycles. The third-order valence-electron chi connectivity index (χ3n) is 4.49. The number of benzene rings is 1. The largest absolute Gasteiger partial charge is 0.393 e. The van der Waals surface area contributed by atoms with Crippen molar-refractivity contribution in [3.05, 3.63) is 35.4 Å². The Morgan fingerprint density at radius 3 is 2.35 bits per heavy atom. The van der Waals surface area contributed by atoms with Crippen LogP contribution in [0.2, 0.25) is 0 Å². The van der Waals surface area contributed by atoms with Crippen LogP contribution < -0.4 is 0 Å². The van der Waals surface area contributed by atoms with E-state index < -0.39 is 0 Å². The van der Waals surface area contributed by atoms with Crippen LogP contribution in [0.25, 0.3) is 0 Å². The van der Waals surface area contributed by atoms with Gasteiger partial charge in [0.05, 0.1) is 6.10 Å². The lowest BCUT2D eigenvalue weighted by molar-refractivity contribution is 0.122. The molecule has 0 saturated heterocycles. The second kappa shape index (κ2) is 7.80. The molecule has 0 amide bonds. The molecule has 2 rings (SSSR count). The summed E-state index contributed by atoms with van der Waals surface area (Å²) in [5, 5.41) is 9.58. The number of hydrogen-bond donors (Lipinski definition) is 1. The van der Waals surface area contributed by atoms with Crippen LogP contribution in [0.5, 0.6) is 0 Å². The van der Waals surface area contributed by atoms with Gasteiger partial charge >= 0.3 is 0 Å². The summed E-state index contributed by atoms with van der Waals surface area (Å²) < 4.78 is 0. The highest BCUT2D eigenvalue weighted by Gasteiger charge is 2.20. The molecule has 2 nitrogen and oxygen atoms in total. The van der Waals surface area contributed by atoms with E-state index in [0.29, 0.717) is 5.92 Å². The van der Waals surface area contributed by atoms with Gasteiger partial charge in [0.15, 0.2) is 0 Å². The maximum atomic E-state index is 9.58. The number of unbranched alkanes of at least 4 members (excludes halogenated alkanes) is 1. The van der Waals surface area contributed by atoms with Gasteiger partial charge in [0.25, 0.3) is 0 Å². The lowest BCUT2D eigenvalue weighted by atomic mass is 9.82. The fourth-order valence-electron chi connectivity index (χ4n) is 3.12. The highest BCUT2D eigenvalue weighted by atomic mass is 16.3. The number of rotatable bonds is 6. The molecule has 112 valence electrons. The maximum Gasteiger partial charge on any atom is 0.0540 e. The predicted molar refractivity (Wildman–Crippen MR) is 84.9 cm³/mol. The fraction of sp³-hybridized carbons (Fsp3) is 0.667. The molecule has 0 bridgehead atoms. The van der Waals surface area contributed by atoms with Crippen molar-refractivity contribution in [1.29, 1.82) is 0 Å². The summed E-state index contributed by atoms with van der Waals surface area (Å²) in [4.78, 5) is 2.40. The van der Waals surface area contributed by atoms with Gasteiger partial charge in [0, 0.05) is 6.54 Å². The molecule has 0 heterocycles. The standard InChI is InChI=1S/C18H29NO/c1-3-4-13-19(2)14-15-5-7-16(8-6-15)17-9-11-18(20)12-10-17/h5-8,17-18,20H,3-4,9-14H2,1-2H3.